The molecule has 0 radical (unpaired) electrons. The Morgan fingerprint density at radius 1 is 1.00 bits per heavy atom. The van der Waals surface area contributed by atoms with E-state index in [0.717, 1.165) is 5.69 Å². The number of nitrogens with one attached hydrogen (secondary N) is 1. The van der Waals surface area contributed by atoms with Crippen molar-refractivity contribution in [1.82, 2.24) is 20.2 Å². The van der Waals surface area contributed by atoms with E-state index in [1.54, 1.807) is 38.5 Å². The number of ether oxygens (including phenoxy) is 3. The molecule has 9 nitrogen and oxygen atoms in total. The summed E-state index contributed by atoms with van der Waals surface area (Å²) in [5.74, 6) is 1.24. The van der Waals surface area contributed by atoms with Crippen LogP contribution in [-0.4, -0.2) is 54.0 Å². The average molecular weight is 522 g/mol. The van der Waals surface area contributed by atoms with Gasteiger partial charge >= 0.3 is 0 Å². The van der Waals surface area contributed by atoms with Crippen LogP contribution in [0.1, 0.15) is 5.56 Å². The van der Waals surface area contributed by atoms with Crippen molar-refractivity contribution in [2.75, 3.05) is 27.1 Å². The number of halogens is 1. The van der Waals surface area contributed by atoms with Gasteiger partial charge in [-0.25, -0.2) is 9.82 Å². The second kappa shape index (κ2) is 12.0. The van der Waals surface area contributed by atoms with Gasteiger partial charge in [-0.15, -0.1) is 10.2 Å². The molecule has 0 spiro atoms. The average Bonchev–Trinajstić information content (AvgIpc) is 3.35. The van der Waals surface area contributed by atoms with Crippen molar-refractivity contribution < 1.29 is 23.4 Å². The number of amides is 1. The van der Waals surface area contributed by atoms with Crippen LogP contribution in [0.3, 0.4) is 0 Å². The highest BCUT2D eigenvalue weighted by Gasteiger charge is 2.21. The number of rotatable bonds is 10. The number of para-hydroxylation sites is 1. The zero-order valence-corrected chi connectivity index (χ0v) is 21.2. The summed E-state index contributed by atoms with van der Waals surface area (Å²) in [5, 5.41) is 13.1. The summed E-state index contributed by atoms with van der Waals surface area (Å²) in [5.41, 5.74) is 4.47. The van der Waals surface area contributed by atoms with Crippen molar-refractivity contribution in [3.63, 3.8) is 0 Å². The summed E-state index contributed by atoms with van der Waals surface area (Å²) in [6.07, 6.45) is 1.38. The fourth-order valence-corrected chi connectivity index (χ4v) is 4.24. The molecule has 0 unspecified atom stereocenters. The molecule has 37 heavy (non-hydrogen) atoms. The maximum atomic E-state index is 13.3. The second-order valence-electron chi connectivity index (χ2n) is 7.53. The molecule has 0 aliphatic heterocycles. The summed E-state index contributed by atoms with van der Waals surface area (Å²) in [6.45, 7) is 0. The molecule has 0 atom stereocenters. The summed E-state index contributed by atoms with van der Waals surface area (Å²) >= 11 is 1.20. The van der Waals surface area contributed by atoms with Crippen LogP contribution in [0.2, 0.25) is 0 Å². The maximum Gasteiger partial charge on any atom is 0.250 e. The summed E-state index contributed by atoms with van der Waals surface area (Å²) < 4.78 is 31.6. The van der Waals surface area contributed by atoms with Gasteiger partial charge in [0.05, 0.1) is 33.3 Å². The number of hydrogen-bond acceptors (Lipinski definition) is 8. The molecule has 1 N–H and O–H groups in total. The zero-order valence-electron chi connectivity index (χ0n) is 20.3. The highest BCUT2D eigenvalue weighted by Crippen LogP contribution is 2.41. The minimum atomic E-state index is -0.381. The molecule has 190 valence electrons. The molecule has 1 aromatic heterocycles. The van der Waals surface area contributed by atoms with E-state index in [1.807, 2.05) is 34.9 Å². The number of nitrogens with zero attached hydrogens (tertiary/aromatic N) is 4. The Labute approximate surface area is 217 Å². The van der Waals surface area contributed by atoms with Crippen molar-refractivity contribution in [3.8, 4) is 34.3 Å². The summed E-state index contributed by atoms with van der Waals surface area (Å²) in [4.78, 5) is 12.4. The minimum absolute atomic E-state index is 0.0285. The first kappa shape index (κ1) is 25.7. The first-order valence-electron chi connectivity index (χ1n) is 11.1. The Balaban J connectivity index is 1.59. The van der Waals surface area contributed by atoms with Gasteiger partial charge in [-0.05, 0) is 42.0 Å². The van der Waals surface area contributed by atoms with Gasteiger partial charge in [0.25, 0.3) is 5.91 Å². The number of hydrazone groups is 1. The molecule has 11 heteroatoms. The number of carbonyl (C=O) groups excluding carboxylic acids is 1. The van der Waals surface area contributed by atoms with Gasteiger partial charge in [0.15, 0.2) is 22.5 Å². The quantitative estimate of drug-likeness (QED) is 0.188. The van der Waals surface area contributed by atoms with Crippen LogP contribution >= 0.6 is 11.8 Å². The van der Waals surface area contributed by atoms with Gasteiger partial charge in [0, 0.05) is 11.3 Å². The summed E-state index contributed by atoms with van der Waals surface area (Å²) in [7, 11) is 4.62. The Hall–Kier alpha value is -4.38. The van der Waals surface area contributed by atoms with E-state index in [9.17, 15) is 9.18 Å². The third kappa shape index (κ3) is 6.07. The zero-order chi connectivity index (χ0) is 26.2. The fraction of sp³-hybridized carbons (Fsp3) is 0.154. The molecule has 1 amide bonds. The molecule has 0 bridgehead atoms. The normalized spacial score (nSPS) is 10.9. The highest BCUT2D eigenvalue weighted by molar-refractivity contribution is 7.99. The molecule has 0 aliphatic carbocycles. The van der Waals surface area contributed by atoms with Crippen molar-refractivity contribution in [1.29, 1.82) is 0 Å². The Kier molecular flexibility index (Phi) is 8.37. The third-order valence-electron chi connectivity index (χ3n) is 5.15. The Morgan fingerprint density at radius 2 is 1.73 bits per heavy atom. The summed E-state index contributed by atoms with van der Waals surface area (Å²) in [6, 6.07) is 19.0. The molecular weight excluding hydrogens is 497 g/mol. The van der Waals surface area contributed by atoms with Crippen LogP contribution in [0.4, 0.5) is 4.39 Å². The van der Waals surface area contributed by atoms with Crippen molar-refractivity contribution in [2.45, 2.75) is 5.16 Å². The smallest absolute Gasteiger partial charge is 0.250 e. The van der Waals surface area contributed by atoms with E-state index in [4.69, 9.17) is 14.2 Å². The van der Waals surface area contributed by atoms with E-state index in [-0.39, 0.29) is 17.5 Å². The van der Waals surface area contributed by atoms with Gasteiger partial charge in [0.2, 0.25) is 5.75 Å². The highest BCUT2D eigenvalue weighted by atomic mass is 32.2. The molecule has 0 fully saturated rings. The predicted molar refractivity (Wildman–Crippen MR) is 139 cm³/mol. The molecule has 3 aromatic carbocycles. The standard InChI is InChI=1S/C26H24FN5O4S/c1-34-21-13-18(14-22(35-2)24(21)36-3)25-30-31-26(32(25)20-10-5-4-6-11-20)37-16-23(33)29-28-15-17-8-7-9-19(27)12-17/h4-15H,16H2,1-3H3,(H,29,33)/b28-15+. The number of methoxy groups -OCH3 is 3. The van der Waals surface area contributed by atoms with E-state index in [2.05, 4.69) is 20.7 Å². The molecule has 0 saturated heterocycles. The van der Waals surface area contributed by atoms with Crippen molar-refractivity contribution in [2.24, 2.45) is 5.10 Å². The number of hydrogen-bond donors (Lipinski definition) is 1. The number of thioether (sulfide) groups is 1. The van der Waals surface area contributed by atoms with E-state index < -0.39 is 0 Å². The van der Waals surface area contributed by atoms with Gasteiger partial charge in [-0.3, -0.25) is 9.36 Å². The molecule has 4 aromatic rings. The lowest BCUT2D eigenvalue weighted by atomic mass is 10.1. The Bertz CT molecular complexity index is 1390. The van der Waals surface area contributed by atoms with Crippen LogP contribution in [0, 0.1) is 5.82 Å². The van der Waals surface area contributed by atoms with Gasteiger partial charge in [0.1, 0.15) is 5.82 Å². The predicted octanol–water partition coefficient (Wildman–Crippen LogP) is 4.34. The number of benzene rings is 3. The van der Waals surface area contributed by atoms with E-state index in [0.29, 0.717) is 39.4 Å². The van der Waals surface area contributed by atoms with Crippen molar-refractivity contribution >= 4 is 23.9 Å². The van der Waals surface area contributed by atoms with E-state index >= 15 is 0 Å². The van der Waals surface area contributed by atoms with Gasteiger partial charge in [-0.1, -0.05) is 42.1 Å². The van der Waals surface area contributed by atoms with Gasteiger partial charge in [-0.2, -0.15) is 5.10 Å². The minimum Gasteiger partial charge on any atom is -0.493 e. The fourth-order valence-electron chi connectivity index (χ4n) is 3.50. The lowest BCUT2D eigenvalue weighted by Gasteiger charge is -2.15. The van der Waals surface area contributed by atoms with Crippen LogP contribution in [0.5, 0.6) is 17.2 Å². The molecule has 0 aliphatic rings. The van der Waals surface area contributed by atoms with E-state index in [1.165, 1.54) is 37.2 Å². The topological polar surface area (TPSA) is 99.9 Å². The van der Waals surface area contributed by atoms with Gasteiger partial charge < -0.3 is 14.2 Å². The molecular formula is C26H24FN5O4S. The molecule has 1 heterocycles. The number of aromatic nitrogens is 3. The van der Waals surface area contributed by atoms with Crippen molar-refractivity contribution in [3.05, 3.63) is 78.1 Å². The van der Waals surface area contributed by atoms with Crippen LogP contribution in [0.15, 0.2) is 77.0 Å². The largest absolute Gasteiger partial charge is 0.493 e. The first-order valence-corrected chi connectivity index (χ1v) is 12.0. The second-order valence-corrected chi connectivity index (χ2v) is 8.47. The van der Waals surface area contributed by atoms with Crippen LogP contribution in [0.25, 0.3) is 17.1 Å². The lowest BCUT2D eigenvalue weighted by molar-refractivity contribution is -0.118. The lowest BCUT2D eigenvalue weighted by Crippen LogP contribution is -2.20. The molecule has 0 saturated carbocycles. The molecule has 4 rings (SSSR count). The number of carbonyl (C=O) groups is 1. The first-order chi connectivity index (χ1) is 18.0. The Morgan fingerprint density at radius 3 is 2.38 bits per heavy atom. The SMILES string of the molecule is COc1cc(-c2nnc(SCC(=O)N/N=C/c3cccc(F)c3)n2-c2ccccc2)cc(OC)c1OC. The van der Waals surface area contributed by atoms with Crippen LogP contribution < -0.4 is 19.6 Å². The third-order valence-corrected chi connectivity index (χ3v) is 6.08. The monoisotopic (exact) mass is 521 g/mol. The van der Waals surface area contributed by atoms with Crippen LogP contribution in [-0.2, 0) is 4.79 Å². The maximum absolute atomic E-state index is 13.3.